The van der Waals surface area contributed by atoms with Crippen molar-refractivity contribution in [3.05, 3.63) is 87.5 Å². The minimum Gasteiger partial charge on any atom is -0.504 e. The zero-order valence-corrected chi connectivity index (χ0v) is 28.9. The van der Waals surface area contributed by atoms with Crippen LogP contribution in [0.1, 0.15) is 57.0 Å². The highest BCUT2D eigenvalue weighted by Gasteiger charge is 2.88. The molecule has 268 valence electrons. The number of Topliss-reactive ketones (excluding diaryl/α,β-unsaturated/α-hetero) is 1. The van der Waals surface area contributed by atoms with Gasteiger partial charge in [-0.05, 0) is 53.9 Å². The van der Waals surface area contributed by atoms with Crippen molar-refractivity contribution >= 4 is 29.4 Å². The maximum Gasteiger partial charge on any atom is 0.338 e. The molecule has 4 aliphatic rings. The van der Waals surface area contributed by atoms with Crippen LogP contribution in [0.2, 0.25) is 0 Å². The number of rotatable bonds is 8. The van der Waals surface area contributed by atoms with Gasteiger partial charge >= 0.3 is 17.9 Å². The van der Waals surface area contributed by atoms with E-state index in [2.05, 4.69) is 10.0 Å². The Labute approximate surface area is 293 Å². The van der Waals surface area contributed by atoms with Crippen LogP contribution in [0.25, 0.3) is 10.4 Å². The quantitative estimate of drug-likeness (QED) is 0.112. The van der Waals surface area contributed by atoms with Gasteiger partial charge in [0.25, 0.3) is 0 Å². The molecule has 2 aromatic rings. The van der Waals surface area contributed by atoms with E-state index in [4.69, 9.17) is 24.5 Å². The molecule has 8 atom stereocenters. The van der Waals surface area contributed by atoms with Gasteiger partial charge in [-0.3, -0.25) is 14.4 Å². The van der Waals surface area contributed by atoms with E-state index < -0.39 is 82.1 Å². The number of aliphatic hydroxyl groups is 2. The fourth-order valence-corrected chi connectivity index (χ4v) is 8.97. The molecule has 6 rings (SSSR count). The molecular formula is C37H39N3O11. The van der Waals surface area contributed by atoms with Crippen LogP contribution >= 0.6 is 0 Å². The first-order valence-corrected chi connectivity index (χ1v) is 16.5. The third kappa shape index (κ3) is 5.36. The number of carbonyl (C=O) groups excluding carboxylic acids is 4. The average Bonchev–Trinajstić information content (AvgIpc) is 3.49. The molecule has 0 heterocycles. The van der Waals surface area contributed by atoms with E-state index in [0.29, 0.717) is 5.56 Å². The monoisotopic (exact) mass is 701 g/mol. The molecule has 4 aliphatic carbocycles. The summed E-state index contributed by atoms with van der Waals surface area (Å²) < 4.78 is 23.2. The highest BCUT2D eigenvalue weighted by atomic mass is 16.6. The SMILES string of the molecule is COc1cc(CC(=O)OC2=C[C@H]3[C@@H]4C(C)(C)[C@]4(OC(C)=O)[C@H](OC(=O)c4ccc(N=[N+]=[N-])cc4)[C@@H](C)[C@]3(O)[C@@H]3C=C(C)C(=O)[C@@]3(O)C2)ccc1O. The Kier molecular flexibility index (Phi) is 8.57. The van der Waals surface area contributed by atoms with Crippen LogP contribution in [-0.2, 0) is 35.0 Å². The third-order valence-electron chi connectivity index (χ3n) is 11.3. The fraction of sp³-hybridized carbons (Fsp3) is 0.459. The number of ether oxygens (including phenoxy) is 4. The largest absolute Gasteiger partial charge is 0.504 e. The number of esters is 3. The van der Waals surface area contributed by atoms with Gasteiger partial charge in [-0.2, -0.15) is 0 Å². The number of nitrogens with zero attached hydrogens (tertiary/aromatic N) is 3. The lowest BCUT2D eigenvalue weighted by Gasteiger charge is -2.52. The van der Waals surface area contributed by atoms with Gasteiger partial charge in [0, 0.05) is 53.0 Å². The highest BCUT2D eigenvalue weighted by molar-refractivity contribution is 6.05. The first kappa shape index (κ1) is 35.6. The van der Waals surface area contributed by atoms with Gasteiger partial charge in [-0.15, -0.1) is 0 Å². The lowest BCUT2D eigenvalue weighted by molar-refractivity contribution is -0.219. The van der Waals surface area contributed by atoms with Crippen molar-refractivity contribution in [3.63, 3.8) is 0 Å². The summed E-state index contributed by atoms with van der Waals surface area (Å²) in [5.41, 5.74) is 3.17. The smallest absolute Gasteiger partial charge is 0.338 e. The number of phenols is 1. The molecule has 0 aromatic heterocycles. The van der Waals surface area contributed by atoms with Crippen LogP contribution in [0.4, 0.5) is 5.69 Å². The van der Waals surface area contributed by atoms with Crippen molar-refractivity contribution in [2.24, 2.45) is 34.2 Å². The van der Waals surface area contributed by atoms with E-state index in [1.165, 1.54) is 75.6 Å². The Hall–Kier alpha value is -5.17. The molecule has 0 spiro atoms. The van der Waals surface area contributed by atoms with Crippen molar-refractivity contribution in [2.45, 2.75) is 70.4 Å². The van der Waals surface area contributed by atoms with Crippen molar-refractivity contribution in [1.29, 1.82) is 0 Å². The van der Waals surface area contributed by atoms with Crippen LogP contribution in [-0.4, -0.2) is 69.0 Å². The number of hydrogen-bond acceptors (Lipinski definition) is 12. The number of carbonyl (C=O) groups is 4. The number of ketones is 1. The van der Waals surface area contributed by atoms with Gasteiger partial charge in [-0.1, -0.05) is 50.2 Å². The molecule has 0 bridgehead atoms. The Bertz CT molecular complexity index is 1950. The Morgan fingerprint density at radius 3 is 2.39 bits per heavy atom. The highest BCUT2D eigenvalue weighted by Crippen LogP contribution is 2.77. The summed E-state index contributed by atoms with van der Waals surface area (Å²) in [6.45, 7) is 7.99. The Balaban J connectivity index is 1.43. The van der Waals surface area contributed by atoms with Crippen LogP contribution in [0, 0.1) is 29.1 Å². The number of hydrogen-bond donors (Lipinski definition) is 3. The van der Waals surface area contributed by atoms with Crippen molar-refractivity contribution in [2.75, 3.05) is 7.11 Å². The van der Waals surface area contributed by atoms with E-state index in [1.54, 1.807) is 6.92 Å². The van der Waals surface area contributed by atoms with Crippen LogP contribution < -0.4 is 4.74 Å². The molecule has 51 heavy (non-hydrogen) atoms. The number of fused-ring (bicyclic) bond motifs is 5. The fourth-order valence-electron chi connectivity index (χ4n) is 8.97. The number of methoxy groups -OCH3 is 1. The lowest BCUT2D eigenvalue weighted by Crippen LogP contribution is -2.66. The zero-order chi connectivity index (χ0) is 37.3. The molecule has 2 fully saturated rings. The standard InChI is InChI=1S/C37H39N3O11/c1-18-13-28-35(46,31(18)44)17-24(49-29(43)15-21-7-12-26(42)27(14-21)48-6)16-25-30-34(4,5)37(30,51-20(3)41)32(19(2)36(25,28)47)50-33(45)22-8-10-23(11-9-22)39-40-38/h7-14,16,19,25,28,30,32,42,46-47H,15,17H2,1-6H3/t19-,25+,28-,30-,32-,35-,36-,37-/m1/s1. The first-order chi connectivity index (χ1) is 23.9. The molecular weight excluding hydrogens is 662 g/mol. The van der Waals surface area contributed by atoms with E-state index in [9.17, 15) is 34.5 Å². The minimum absolute atomic E-state index is 0.0576. The average molecular weight is 702 g/mol. The minimum atomic E-state index is -2.23. The zero-order valence-electron chi connectivity index (χ0n) is 28.9. The second kappa shape index (κ2) is 12.3. The second-order valence-electron chi connectivity index (χ2n) is 14.4. The van der Waals surface area contributed by atoms with Crippen LogP contribution in [0.3, 0.4) is 0 Å². The normalized spacial score (nSPS) is 32.7. The predicted octanol–water partition coefficient (Wildman–Crippen LogP) is 4.77. The maximum absolute atomic E-state index is 13.7. The topological polar surface area (TPSA) is 215 Å². The van der Waals surface area contributed by atoms with E-state index >= 15 is 0 Å². The van der Waals surface area contributed by atoms with Crippen LogP contribution in [0.15, 0.2) is 71.1 Å². The van der Waals surface area contributed by atoms with Gasteiger partial charge in [0.1, 0.15) is 17.5 Å². The molecule has 2 saturated carbocycles. The molecule has 0 saturated heterocycles. The molecule has 0 radical (unpaired) electrons. The Morgan fingerprint density at radius 1 is 1.08 bits per heavy atom. The number of phenolic OH excluding ortho intramolecular Hbond substituents is 1. The van der Waals surface area contributed by atoms with Gasteiger partial charge in [0.15, 0.2) is 22.9 Å². The van der Waals surface area contributed by atoms with Crippen molar-refractivity contribution < 1.29 is 53.4 Å². The second-order valence-corrected chi connectivity index (χ2v) is 14.4. The molecule has 2 aromatic carbocycles. The molecule has 0 amide bonds. The Morgan fingerprint density at radius 2 is 1.76 bits per heavy atom. The molecule has 0 aliphatic heterocycles. The van der Waals surface area contributed by atoms with E-state index in [0.717, 1.165) is 0 Å². The summed E-state index contributed by atoms with van der Waals surface area (Å²) in [7, 11) is 1.37. The van der Waals surface area contributed by atoms with Crippen molar-refractivity contribution in [1.82, 2.24) is 0 Å². The molecule has 3 N–H and O–H groups in total. The summed E-state index contributed by atoms with van der Waals surface area (Å²) in [5.74, 6) is -6.86. The molecule has 14 nitrogen and oxygen atoms in total. The van der Waals surface area contributed by atoms with Gasteiger partial charge in [-0.25, -0.2) is 4.79 Å². The van der Waals surface area contributed by atoms with E-state index in [-0.39, 0.29) is 40.5 Å². The van der Waals surface area contributed by atoms with Gasteiger partial charge in [0.2, 0.25) is 0 Å². The maximum atomic E-state index is 13.7. The summed E-state index contributed by atoms with van der Waals surface area (Å²) in [5, 5.41) is 38.7. The molecule has 0 unspecified atom stereocenters. The van der Waals surface area contributed by atoms with Gasteiger partial charge < -0.3 is 34.3 Å². The number of aromatic hydroxyl groups is 1. The van der Waals surface area contributed by atoms with E-state index in [1.807, 2.05) is 13.8 Å². The number of azide groups is 1. The third-order valence-corrected chi connectivity index (χ3v) is 11.3. The van der Waals surface area contributed by atoms with Crippen LogP contribution in [0.5, 0.6) is 11.5 Å². The summed E-state index contributed by atoms with van der Waals surface area (Å²) in [4.78, 5) is 56.2. The first-order valence-electron chi connectivity index (χ1n) is 16.5. The molecule has 14 heteroatoms. The number of benzene rings is 2. The van der Waals surface area contributed by atoms with Crippen molar-refractivity contribution in [3.8, 4) is 11.5 Å². The predicted molar refractivity (Wildman–Crippen MR) is 178 cm³/mol. The summed E-state index contributed by atoms with van der Waals surface area (Å²) in [6.07, 6.45) is 1.08. The van der Waals surface area contributed by atoms with Gasteiger partial charge in [0.05, 0.1) is 24.7 Å². The summed E-state index contributed by atoms with van der Waals surface area (Å²) in [6, 6.07) is 10.1. The lowest BCUT2D eigenvalue weighted by atomic mass is 9.59. The summed E-state index contributed by atoms with van der Waals surface area (Å²) >= 11 is 0.